The number of rotatable bonds is 24. The van der Waals surface area contributed by atoms with Crippen LogP contribution in [0.2, 0.25) is 0 Å². The third-order valence-electron chi connectivity index (χ3n) is 6.22. The Morgan fingerprint density at radius 1 is 0.800 bits per heavy atom. The van der Waals surface area contributed by atoms with Crippen LogP contribution in [0.3, 0.4) is 0 Å². The van der Waals surface area contributed by atoms with Crippen LogP contribution in [0.4, 0.5) is 0 Å². The van der Waals surface area contributed by atoms with Crippen LogP contribution in [0.25, 0.3) is 0 Å². The van der Waals surface area contributed by atoms with E-state index in [2.05, 4.69) is 30.9 Å². The summed E-state index contributed by atoms with van der Waals surface area (Å²) in [5, 5.41) is 0. The number of unbranched alkanes of at least 4 members (excludes halogenated alkanes) is 10. The van der Waals surface area contributed by atoms with Crippen molar-refractivity contribution in [3.05, 3.63) is 35.9 Å². The first-order chi connectivity index (χ1) is 17.2. The molecule has 5 nitrogen and oxygen atoms in total. The minimum atomic E-state index is -0.235. The van der Waals surface area contributed by atoms with Crippen LogP contribution in [0, 0.1) is 0 Å². The van der Waals surface area contributed by atoms with Crippen molar-refractivity contribution in [2.45, 2.75) is 110 Å². The van der Waals surface area contributed by atoms with Crippen molar-refractivity contribution in [2.24, 2.45) is 0 Å². The molecule has 202 valence electrons. The zero-order chi connectivity index (χ0) is 25.4. The molecule has 5 heteroatoms. The molecular weight excluding hydrogens is 438 g/mol. The molecule has 1 rings (SSSR count). The Kier molecular flexibility index (Phi) is 20.8. The predicted molar refractivity (Wildman–Crippen MR) is 146 cm³/mol. The van der Waals surface area contributed by atoms with Gasteiger partial charge in [0.1, 0.15) is 6.10 Å². The standard InChI is InChI=1S/C30H53NO4/c1-4-6-8-9-10-11-12-13-14-18-23-33-27-29(35-30(32)21-7-5-2)25-31(3)22-24-34-26-28-19-16-15-17-20-28/h15-17,19-20,29H,4-14,18,21-27H2,1-3H3. The van der Waals surface area contributed by atoms with Crippen LogP contribution >= 0.6 is 0 Å². The van der Waals surface area contributed by atoms with E-state index in [1.807, 2.05) is 25.2 Å². The lowest BCUT2D eigenvalue weighted by Crippen LogP contribution is -2.37. The molecule has 0 aliphatic heterocycles. The van der Waals surface area contributed by atoms with E-state index in [9.17, 15) is 4.79 Å². The summed E-state index contributed by atoms with van der Waals surface area (Å²) >= 11 is 0. The zero-order valence-corrected chi connectivity index (χ0v) is 23.0. The van der Waals surface area contributed by atoms with Gasteiger partial charge in [0.2, 0.25) is 0 Å². The smallest absolute Gasteiger partial charge is 0.306 e. The molecule has 0 spiro atoms. The number of carbonyl (C=O) groups is 1. The Bertz CT molecular complexity index is 595. The maximum absolute atomic E-state index is 12.2. The molecule has 0 aromatic heterocycles. The SMILES string of the molecule is CCCCCCCCCCCCOCC(CN(C)CCOCc1ccccc1)OC(=O)CCCC. The maximum Gasteiger partial charge on any atom is 0.306 e. The molecule has 0 heterocycles. The molecule has 0 fully saturated rings. The van der Waals surface area contributed by atoms with Crippen molar-refractivity contribution in [2.75, 3.05) is 40.0 Å². The fraction of sp³-hybridized carbons (Fsp3) is 0.767. The summed E-state index contributed by atoms with van der Waals surface area (Å²) in [6.07, 6.45) is 15.3. The summed E-state index contributed by atoms with van der Waals surface area (Å²) in [6.45, 7) is 8.26. The normalized spacial score (nSPS) is 12.2. The summed E-state index contributed by atoms with van der Waals surface area (Å²) in [5.41, 5.74) is 1.18. The Hall–Kier alpha value is -1.43. The summed E-state index contributed by atoms with van der Waals surface area (Å²) in [7, 11) is 2.04. The van der Waals surface area contributed by atoms with Gasteiger partial charge in [-0.05, 0) is 25.5 Å². The number of nitrogens with zero attached hydrogens (tertiary/aromatic N) is 1. The van der Waals surface area contributed by atoms with E-state index in [0.29, 0.717) is 32.8 Å². The number of esters is 1. The molecule has 0 amide bonds. The van der Waals surface area contributed by atoms with Gasteiger partial charge in [0, 0.05) is 26.1 Å². The highest BCUT2D eigenvalue weighted by Gasteiger charge is 2.17. The monoisotopic (exact) mass is 491 g/mol. The summed E-state index contributed by atoms with van der Waals surface area (Å²) in [4.78, 5) is 14.4. The summed E-state index contributed by atoms with van der Waals surface area (Å²) in [5.74, 6) is -0.117. The highest BCUT2D eigenvalue weighted by molar-refractivity contribution is 5.69. The van der Waals surface area contributed by atoms with E-state index in [0.717, 1.165) is 32.4 Å². The number of hydrogen-bond acceptors (Lipinski definition) is 5. The van der Waals surface area contributed by atoms with Gasteiger partial charge >= 0.3 is 5.97 Å². The van der Waals surface area contributed by atoms with Gasteiger partial charge in [-0.25, -0.2) is 0 Å². The van der Waals surface area contributed by atoms with Crippen molar-refractivity contribution in [3.63, 3.8) is 0 Å². The summed E-state index contributed by atoms with van der Waals surface area (Å²) < 4.78 is 17.5. The fourth-order valence-corrected chi connectivity index (χ4v) is 4.02. The Morgan fingerprint density at radius 2 is 1.43 bits per heavy atom. The van der Waals surface area contributed by atoms with Gasteiger partial charge in [0.05, 0.1) is 19.8 Å². The van der Waals surface area contributed by atoms with Gasteiger partial charge in [-0.15, -0.1) is 0 Å². The molecular formula is C30H53NO4. The predicted octanol–water partition coefficient (Wildman–Crippen LogP) is 7.17. The zero-order valence-electron chi connectivity index (χ0n) is 23.0. The van der Waals surface area contributed by atoms with Gasteiger partial charge in [0.15, 0.2) is 0 Å². The second kappa shape index (κ2) is 23.0. The van der Waals surface area contributed by atoms with E-state index in [-0.39, 0.29) is 12.1 Å². The van der Waals surface area contributed by atoms with E-state index >= 15 is 0 Å². The second-order valence-corrected chi connectivity index (χ2v) is 9.77. The molecule has 0 saturated carbocycles. The Balaban J connectivity index is 2.20. The first-order valence-corrected chi connectivity index (χ1v) is 14.2. The molecule has 0 N–H and O–H groups in total. The lowest BCUT2D eigenvalue weighted by atomic mass is 10.1. The molecule has 35 heavy (non-hydrogen) atoms. The van der Waals surface area contributed by atoms with E-state index in [1.54, 1.807) is 0 Å². The number of hydrogen-bond donors (Lipinski definition) is 0. The largest absolute Gasteiger partial charge is 0.459 e. The molecule has 0 aliphatic carbocycles. The van der Waals surface area contributed by atoms with Gasteiger partial charge in [0.25, 0.3) is 0 Å². The van der Waals surface area contributed by atoms with Gasteiger partial charge in [-0.3, -0.25) is 4.79 Å². The van der Waals surface area contributed by atoms with E-state index in [1.165, 1.54) is 63.4 Å². The minimum Gasteiger partial charge on any atom is -0.459 e. The minimum absolute atomic E-state index is 0.117. The molecule has 1 unspecified atom stereocenters. The van der Waals surface area contributed by atoms with Crippen molar-refractivity contribution in [1.29, 1.82) is 0 Å². The van der Waals surface area contributed by atoms with Crippen LogP contribution < -0.4 is 0 Å². The number of carbonyl (C=O) groups excluding carboxylic acids is 1. The lowest BCUT2D eigenvalue weighted by Gasteiger charge is -2.24. The van der Waals surface area contributed by atoms with Gasteiger partial charge in [-0.1, -0.05) is 108 Å². The van der Waals surface area contributed by atoms with Crippen molar-refractivity contribution >= 4 is 5.97 Å². The Morgan fingerprint density at radius 3 is 2.09 bits per heavy atom. The fourth-order valence-electron chi connectivity index (χ4n) is 4.02. The topological polar surface area (TPSA) is 48.0 Å². The first kappa shape index (κ1) is 31.6. The molecule has 0 aliphatic rings. The average molecular weight is 492 g/mol. The van der Waals surface area contributed by atoms with Crippen LogP contribution in [-0.4, -0.2) is 56.9 Å². The number of likely N-dealkylation sites (N-methyl/N-ethyl adjacent to an activating group) is 1. The molecule has 1 atom stereocenters. The number of ether oxygens (including phenoxy) is 3. The second-order valence-electron chi connectivity index (χ2n) is 9.77. The Labute approximate surface area is 215 Å². The van der Waals surface area contributed by atoms with Crippen molar-refractivity contribution < 1.29 is 19.0 Å². The van der Waals surface area contributed by atoms with Crippen LogP contribution in [0.1, 0.15) is 103 Å². The van der Waals surface area contributed by atoms with Crippen LogP contribution in [-0.2, 0) is 25.6 Å². The lowest BCUT2D eigenvalue weighted by molar-refractivity contribution is -0.153. The van der Waals surface area contributed by atoms with E-state index in [4.69, 9.17) is 14.2 Å². The van der Waals surface area contributed by atoms with E-state index < -0.39 is 0 Å². The third kappa shape index (κ3) is 19.4. The van der Waals surface area contributed by atoms with Crippen molar-refractivity contribution in [1.82, 2.24) is 4.90 Å². The molecule has 0 saturated heterocycles. The van der Waals surface area contributed by atoms with Gasteiger partial charge in [-0.2, -0.15) is 0 Å². The first-order valence-electron chi connectivity index (χ1n) is 14.2. The molecule has 0 radical (unpaired) electrons. The maximum atomic E-state index is 12.2. The highest BCUT2D eigenvalue weighted by atomic mass is 16.6. The molecule has 0 bridgehead atoms. The van der Waals surface area contributed by atoms with Gasteiger partial charge < -0.3 is 19.1 Å². The quantitative estimate of drug-likeness (QED) is 0.113. The molecule has 1 aromatic rings. The summed E-state index contributed by atoms with van der Waals surface area (Å²) in [6, 6.07) is 10.2. The molecule has 1 aromatic carbocycles. The van der Waals surface area contributed by atoms with Crippen LogP contribution in [0.5, 0.6) is 0 Å². The number of benzene rings is 1. The third-order valence-corrected chi connectivity index (χ3v) is 6.22. The average Bonchev–Trinajstić information content (AvgIpc) is 2.86. The van der Waals surface area contributed by atoms with Crippen LogP contribution in [0.15, 0.2) is 30.3 Å². The highest BCUT2D eigenvalue weighted by Crippen LogP contribution is 2.11. The van der Waals surface area contributed by atoms with Crippen molar-refractivity contribution in [3.8, 4) is 0 Å².